The van der Waals surface area contributed by atoms with E-state index in [0.29, 0.717) is 5.69 Å². The fourth-order valence-corrected chi connectivity index (χ4v) is 2.26. The predicted molar refractivity (Wildman–Crippen MR) is 84.9 cm³/mol. The lowest BCUT2D eigenvalue weighted by Crippen LogP contribution is -2.25. The molecule has 0 radical (unpaired) electrons. The molecule has 1 aromatic heterocycles. The zero-order valence-corrected chi connectivity index (χ0v) is 13.7. The van der Waals surface area contributed by atoms with Crippen LogP contribution in [0.1, 0.15) is 30.8 Å². The van der Waals surface area contributed by atoms with Crippen LogP contribution in [0.15, 0.2) is 24.3 Å². The summed E-state index contributed by atoms with van der Waals surface area (Å²) in [7, 11) is 1.31. The molecule has 10 heteroatoms. The number of nitrogens with zero attached hydrogens (tertiary/aromatic N) is 3. The SMILES string of the molecule is COc1cc([N+](=O)[O-])ccc1NC(=O)C(C)n1nc(C(F)F)cc1C. The highest BCUT2D eigenvalue weighted by Gasteiger charge is 2.22. The molecule has 0 aliphatic carbocycles. The van der Waals surface area contributed by atoms with Crippen molar-refractivity contribution in [1.29, 1.82) is 0 Å². The molecule has 0 saturated carbocycles. The van der Waals surface area contributed by atoms with E-state index in [0.717, 1.165) is 0 Å². The van der Waals surface area contributed by atoms with Crippen LogP contribution in [-0.2, 0) is 4.79 Å². The van der Waals surface area contributed by atoms with Crippen LogP contribution < -0.4 is 10.1 Å². The van der Waals surface area contributed by atoms with Crippen LogP contribution in [-0.4, -0.2) is 27.7 Å². The van der Waals surface area contributed by atoms with Crippen LogP contribution in [0.25, 0.3) is 0 Å². The smallest absolute Gasteiger partial charge is 0.282 e. The van der Waals surface area contributed by atoms with Gasteiger partial charge in [-0.15, -0.1) is 0 Å². The van der Waals surface area contributed by atoms with Crippen molar-refractivity contribution in [3.05, 3.63) is 45.8 Å². The summed E-state index contributed by atoms with van der Waals surface area (Å²) in [6.45, 7) is 3.07. The van der Waals surface area contributed by atoms with Gasteiger partial charge in [0.25, 0.3) is 12.1 Å². The van der Waals surface area contributed by atoms with Crippen LogP contribution in [0.3, 0.4) is 0 Å². The molecular formula is C15H16F2N4O4. The molecule has 0 spiro atoms. The highest BCUT2D eigenvalue weighted by molar-refractivity contribution is 5.95. The molecule has 1 aromatic carbocycles. The molecule has 2 aromatic rings. The van der Waals surface area contributed by atoms with Crippen LogP contribution in [0, 0.1) is 17.0 Å². The number of carbonyl (C=O) groups is 1. The second-order valence-corrected chi connectivity index (χ2v) is 5.26. The summed E-state index contributed by atoms with van der Waals surface area (Å²) in [5, 5.41) is 17.1. The zero-order valence-electron chi connectivity index (χ0n) is 13.7. The largest absolute Gasteiger partial charge is 0.494 e. The van der Waals surface area contributed by atoms with Gasteiger partial charge < -0.3 is 10.1 Å². The summed E-state index contributed by atoms with van der Waals surface area (Å²) in [5.74, 6) is -0.417. The predicted octanol–water partition coefficient (Wildman–Crippen LogP) is 3.25. The van der Waals surface area contributed by atoms with Gasteiger partial charge in [0.2, 0.25) is 5.91 Å². The van der Waals surface area contributed by atoms with E-state index in [9.17, 15) is 23.7 Å². The Kier molecular flexibility index (Phi) is 5.30. The van der Waals surface area contributed by atoms with Gasteiger partial charge in [-0.2, -0.15) is 5.10 Å². The summed E-state index contributed by atoms with van der Waals surface area (Å²) in [6.07, 6.45) is -2.73. The van der Waals surface area contributed by atoms with Gasteiger partial charge in [-0.1, -0.05) is 0 Å². The first-order valence-electron chi connectivity index (χ1n) is 7.22. The van der Waals surface area contributed by atoms with E-state index in [1.807, 2.05) is 0 Å². The minimum absolute atomic E-state index is 0.111. The third-order valence-corrected chi connectivity index (χ3v) is 3.57. The van der Waals surface area contributed by atoms with E-state index in [2.05, 4.69) is 10.4 Å². The van der Waals surface area contributed by atoms with E-state index < -0.39 is 29.0 Å². The maximum absolute atomic E-state index is 12.7. The van der Waals surface area contributed by atoms with Gasteiger partial charge in [0.1, 0.15) is 17.5 Å². The second kappa shape index (κ2) is 7.24. The number of benzene rings is 1. The average molecular weight is 354 g/mol. The first-order chi connectivity index (χ1) is 11.7. The number of carbonyl (C=O) groups excluding carboxylic acids is 1. The number of ether oxygens (including phenoxy) is 1. The van der Waals surface area contributed by atoms with Gasteiger partial charge in [-0.3, -0.25) is 19.6 Å². The molecule has 2 rings (SSSR count). The number of nitrogens with one attached hydrogen (secondary N) is 1. The number of halogens is 2. The van der Waals surface area contributed by atoms with Gasteiger partial charge in [0.15, 0.2) is 0 Å². The molecule has 0 fully saturated rings. The number of anilines is 1. The first-order valence-corrected chi connectivity index (χ1v) is 7.22. The number of methoxy groups -OCH3 is 1. The maximum Gasteiger partial charge on any atom is 0.282 e. The molecule has 25 heavy (non-hydrogen) atoms. The topological polar surface area (TPSA) is 99.3 Å². The van der Waals surface area contributed by atoms with Crippen LogP contribution in [0.2, 0.25) is 0 Å². The number of hydrogen-bond donors (Lipinski definition) is 1. The second-order valence-electron chi connectivity index (χ2n) is 5.26. The van der Waals surface area contributed by atoms with Crippen molar-refractivity contribution < 1.29 is 23.2 Å². The standard InChI is InChI=1S/C15H16F2N4O4/c1-8-6-12(14(16)17)19-20(8)9(2)15(22)18-11-5-4-10(21(23)24)7-13(11)25-3/h4-7,9,14H,1-3H3,(H,18,22). The third kappa shape index (κ3) is 3.90. The fourth-order valence-electron chi connectivity index (χ4n) is 2.26. The van der Waals surface area contributed by atoms with E-state index in [4.69, 9.17) is 4.74 Å². The lowest BCUT2D eigenvalue weighted by Gasteiger charge is -2.16. The Balaban J connectivity index is 2.23. The van der Waals surface area contributed by atoms with Crippen molar-refractivity contribution in [3.63, 3.8) is 0 Å². The number of amides is 1. The lowest BCUT2D eigenvalue weighted by atomic mass is 10.2. The molecule has 0 saturated heterocycles. The molecule has 0 bridgehead atoms. The molecule has 134 valence electrons. The molecule has 8 nitrogen and oxygen atoms in total. The van der Waals surface area contributed by atoms with Crippen molar-refractivity contribution in [2.45, 2.75) is 26.3 Å². The molecule has 0 aliphatic heterocycles. The van der Waals surface area contributed by atoms with Crippen LogP contribution >= 0.6 is 0 Å². The van der Waals surface area contributed by atoms with Crippen molar-refractivity contribution in [2.24, 2.45) is 0 Å². The number of rotatable bonds is 6. The first kappa shape index (κ1) is 18.3. The normalized spacial score (nSPS) is 12.1. The Labute approximate surface area is 141 Å². The van der Waals surface area contributed by atoms with E-state index in [1.54, 1.807) is 6.92 Å². The molecule has 1 N–H and O–H groups in total. The molecule has 1 heterocycles. The quantitative estimate of drug-likeness (QED) is 0.634. The van der Waals surface area contributed by atoms with E-state index in [-0.39, 0.29) is 17.1 Å². The summed E-state index contributed by atoms with van der Waals surface area (Å²) in [5.41, 5.74) is 0.0370. The Hall–Kier alpha value is -3.04. The minimum atomic E-state index is -2.73. The fraction of sp³-hybridized carbons (Fsp3) is 0.333. The van der Waals surface area contributed by atoms with E-state index >= 15 is 0 Å². The molecular weight excluding hydrogens is 338 g/mol. The van der Waals surface area contributed by atoms with Crippen molar-refractivity contribution in [2.75, 3.05) is 12.4 Å². The zero-order chi connectivity index (χ0) is 18.7. The number of nitro benzene ring substituents is 1. The molecule has 1 atom stereocenters. The number of nitro groups is 1. The Morgan fingerprint density at radius 3 is 2.60 bits per heavy atom. The summed E-state index contributed by atoms with van der Waals surface area (Å²) >= 11 is 0. The highest BCUT2D eigenvalue weighted by Crippen LogP contribution is 2.30. The summed E-state index contributed by atoms with van der Waals surface area (Å²) < 4.78 is 31.7. The van der Waals surface area contributed by atoms with Crippen LogP contribution in [0.5, 0.6) is 5.75 Å². The number of aryl methyl sites for hydroxylation is 1. The minimum Gasteiger partial charge on any atom is -0.494 e. The molecule has 1 unspecified atom stereocenters. The number of aromatic nitrogens is 2. The van der Waals surface area contributed by atoms with Gasteiger partial charge in [-0.25, -0.2) is 8.78 Å². The number of hydrogen-bond acceptors (Lipinski definition) is 5. The van der Waals surface area contributed by atoms with Crippen LogP contribution in [0.4, 0.5) is 20.2 Å². The highest BCUT2D eigenvalue weighted by atomic mass is 19.3. The Morgan fingerprint density at radius 1 is 1.40 bits per heavy atom. The van der Waals surface area contributed by atoms with Crippen molar-refractivity contribution in [3.8, 4) is 5.75 Å². The lowest BCUT2D eigenvalue weighted by molar-refractivity contribution is -0.384. The van der Waals surface area contributed by atoms with Crippen molar-refractivity contribution >= 4 is 17.3 Å². The van der Waals surface area contributed by atoms with E-state index in [1.165, 1.54) is 43.0 Å². The monoisotopic (exact) mass is 354 g/mol. The van der Waals surface area contributed by atoms with Gasteiger partial charge >= 0.3 is 0 Å². The molecule has 1 amide bonds. The van der Waals surface area contributed by atoms with Gasteiger partial charge in [-0.05, 0) is 26.0 Å². The third-order valence-electron chi connectivity index (χ3n) is 3.57. The summed E-state index contributed by atoms with van der Waals surface area (Å²) in [4.78, 5) is 22.6. The van der Waals surface area contributed by atoms with Gasteiger partial charge in [0, 0.05) is 11.8 Å². The van der Waals surface area contributed by atoms with Crippen molar-refractivity contribution in [1.82, 2.24) is 9.78 Å². The average Bonchev–Trinajstić information content (AvgIpc) is 2.96. The Bertz CT molecular complexity index is 807. The number of alkyl halides is 2. The summed E-state index contributed by atoms with van der Waals surface area (Å²) in [6, 6.07) is 4.07. The Morgan fingerprint density at radius 2 is 2.08 bits per heavy atom. The maximum atomic E-state index is 12.7. The number of non-ortho nitro benzene ring substituents is 1. The molecule has 0 aliphatic rings. The van der Waals surface area contributed by atoms with Gasteiger partial charge in [0.05, 0.1) is 23.8 Å².